The van der Waals surface area contributed by atoms with E-state index in [9.17, 15) is 5.11 Å². The maximum absolute atomic E-state index is 11.2. The smallest absolute Gasteiger partial charge is 0.155 e. The van der Waals surface area contributed by atoms with Crippen LogP contribution in [0.25, 0.3) is 5.69 Å². The van der Waals surface area contributed by atoms with E-state index >= 15 is 0 Å². The number of benzene rings is 1. The number of nitrogens with zero attached hydrogens (tertiary/aromatic N) is 3. The molecule has 0 unspecified atom stereocenters. The molecule has 0 N–H and O–H groups in total. The van der Waals surface area contributed by atoms with Crippen molar-refractivity contribution in [3.63, 3.8) is 0 Å². The molecule has 1 aromatic heterocycles. The molecular weight excluding hydrogens is 178 g/mol. The van der Waals surface area contributed by atoms with Crippen molar-refractivity contribution in [1.29, 1.82) is 0 Å². The molecule has 0 fully saturated rings. The van der Waals surface area contributed by atoms with Crippen LogP contribution in [0.4, 0.5) is 0 Å². The molecule has 4 nitrogen and oxygen atoms in total. The number of rotatable bonds is 1. The Morgan fingerprint density at radius 1 is 1.29 bits per heavy atom. The van der Waals surface area contributed by atoms with E-state index in [1.165, 1.54) is 16.4 Å². The monoisotopic (exact) mass is 189 g/mol. The van der Waals surface area contributed by atoms with Crippen LogP contribution in [-0.2, 0) is 7.05 Å². The molecule has 14 heavy (non-hydrogen) atoms. The summed E-state index contributed by atoms with van der Waals surface area (Å²) < 4.78 is 2.88. The summed E-state index contributed by atoms with van der Waals surface area (Å²) in [6.45, 7) is 2.02. The quantitative estimate of drug-likeness (QED) is 0.596. The van der Waals surface area contributed by atoms with Gasteiger partial charge in [0.1, 0.15) is 12.9 Å². The Morgan fingerprint density at radius 2 is 1.93 bits per heavy atom. The lowest BCUT2D eigenvalue weighted by Gasteiger charge is -1.93. The van der Waals surface area contributed by atoms with Gasteiger partial charge in [0.2, 0.25) is 0 Å². The Bertz CT molecular complexity index is 425. The van der Waals surface area contributed by atoms with Gasteiger partial charge >= 0.3 is 0 Å². The largest absolute Gasteiger partial charge is 0.838 e. The lowest BCUT2D eigenvalue weighted by atomic mass is 10.2. The molecule has 2 aromatic rings. The molecule has 1 heterocycles. The molecule has 0 saturated carbocycles. The SMILES string of the molecule is Cc1ccc(-n2cc([O-])[n+](C)n2)cc1. The van der Waals surface area contributed by atoms with Crippen LogP contribution >= 0.6 is 0 Å². The zero-order valence-electron chi connectivity index (χ0n) is 8.14. The minimum Gasteiger partial charge on any atom is -0.838 e. The molecule has 0 amide bonds. The van der Waals surface area contributed by atoms with Gasteiger partial charge in [0, 0.05) is 0 Å². The van der Waals surface area contributed by atoms with Gasteiger partial charge in [-0.2, -0.15) is 0 Å². The average molecular weight is 189 g/mol. The van der Waals surface area contributed by atoms with Crippen LogP contribution in [0.3, 0.4) is 0 Å². The van der Waals surface area contributed by atoms with Crippen molar-refractivity contribution in [2.75, 3.05) is 0 Å². The summed E-state index contributed by atoms with van der Waals surface area (Å²) in [4.78, 5) is 0. The highest BCUT2D eigenvalue weighted by Crippen LogP contribution is 2.08. The predicted octanol–water partition coefficient (Wildman–Crippen LogP) is 0.0788. The summed E-state index contributed by atoms with van der Waals surface area (Å²) in [5, 5.41) is 15.2. The first-order valence-electron chi connectivity index (χ1n) is 4.37. The van der Waals surface area contributed by atoms with E-state index in [1.807, 2.05) is 31.2 Å². The summed E-state index contributed by atoms with van der Waals surface area (Å²) in [5.74, 6) is -0.106. The van der Waals surface area contributed by atoms with E-state index in [0.717, 1.165) is 5.69 Å². The third-order valence-electron chi connectivity index (χ3n) is 2.08. The minimum absolute atomic E-state index is 0.106. The Morgan fingerprint density at radius 3 is 2.43 bits per heavy atom. The molecular formula is C10H11N3O. The normalized spacial score (nSPS) is 10.4. The van der Waals surface area contributed by atoms with E-state index in [0.29, 0.717) is 0 Å². The maximum atomic E-state index is 11.2. The lowest BCUT2D eigenvalue weighted by Crippen LogP contribution is -2.34. The van der Waals surface area contributed by atoms with Crippen molar-refractivity contribution in [3.05, 3.63) is 36.0 Å². The van der Waals surface area contributed by atoms with Gasteiger partial charge in [0.15, 0.2) is 11.9 Å². The molecule has 0 aliphatic rings. The summed E-state index contributed by atoms with van der Waals surface area (Å²) in [7, 11) is 1.63. The third kappa shape index (κ3) is 1.46. The summed E-state index contributed by atoms with van der Waals surface area (Å²) in [6, 6.07) is 7.84. The zero-order valence-corrected chi connectivity index (χ0v) is 8.14. The van der Waals surface area contributed by atoms with Gasteiger partial charge in [-0.25, -0.2) is 0 Å². The fraction of sp³-hybridized carbons (Fsp3) is 0.200. The van der Waals surface area contributed by atoms with Crippen LogP contribution in [0.15, 0.2) is 30.5 Å². The van der Waals surface area contributed by atoms with Gasteiger partial charge in [0.05, 0.1) is 5.21 Å². The van der Waals surface area contributed by atoms with Gasteiger partial charge in [0.25, 0.3) is 0 Å². The first-order chi connectivity index (χ1) is 6.66. The van der Waals surface area contributed by atoms with E-state index in [-0.39, 0.29) is 5.88 Å². The molecule has 72 valence electrons. The van der Waals surface area contributed by atoms with Crippen LogP contribution in [-0.4, -0.2) is 9.90 Å². The number of hydrogen-bond donors (Lipinski definition) is 0. The first-order valence-corrected chi connectivity index (χ1v) is 4.37. The Labute approximate surface area is 82.0 Å². The van der Waals surface area contributed by atoms with Crippen molar-refractivity contribution in [2.45, 2.75) is 6.92 Å². The van der Waals surface area contributed by atoms with Crippen molar-refractivity contribution < 1.29 is 9.79 Å². The van der Waals surface area contributed by atoms with Crippen LogP contribution < -0.4 is 9.79 Å². The molecule has 2 rings (SSSR count). The second-order valence-electron chi connectivity index (χ2n) is 3.26. The number of aromatic nitrogens is 3. The highest BCUT2D eigenvalue weighted by molar-refractivity contribution is 5.33. The number of hydrogen-bond acceptors (Lipinski definition) is 2. The first kappa shape index (κ1) is 8.74. The second-order valence-corrected chi connectivity index (χ2v) is 3.26. The molecule has 0 spiro atoms. The van der Waals surface area contributed by atoms with Crippen molar-refractivity contribution in [3.8, 4) is 11.6 Å². The zero-order chi connectivity index (χ0) is 10.1. The summed E-state index contributed by atoms with van der Waals surface area (Å²) >= 11 is 0. The van der Waals surface area contributed by atoms with Crippen molar-refractivity contribution >= 4 is 0 Å². The van der Waals surface area contributed by atoms with E-state index < -0.39 is 0 Å². The second kappa shape index (κ2) is 3.14. The van der Waals surface area contributed by atoms with Gasteiger partial charge in [-0.05, 0) is 19.1 Å². The van der Waals surface area contributed by atoms with Crippen LogP contribution in [0.1, 0.15) is 5.56 Å². The minimum atomic E-state index is -0.106. The Hall–Kier alpha value is -1.84. The molecule has 0 saturated heterocycles. The fourth-order valence-electron chi connectivity index (χ4n) is 1.23. The average Bonchev–Trinajstić information content (AvgIpc) is 2.48. The van der Waals surface area contributed by atoms with Gasteiger partial charge in [-0.1, -0.05) is 17.7 Å². The fourth-order valence-corrected chi connectivity index (χ4v) is 1.23. The molecule has 0 radical (unpaired) electrons. The van der Waals surface area contributed by atoms with Gasteiger partial charge in [-0.15, -0.1) is 9.36 Å². The molecule has 1 aromatic carbocycles. The van der Waals surface area contributed by atoms with E-state index in [1.54, 1.807) is 11.7 Å². The standard InChI is InChI=1S/C10H11N3O/c1-8-3-5-9(6-4-8)13-7-10(14)12(2)11-13/h3-7H,1-2H3. The highest BCUT2D eigenvalue weighted by Gasteiger charge is 2.06. The molecule has 4 heteroatoms. The van der Waals surface area contributed by atoms with E-state index in [4.69, 9.17) is 0 Å². The Kier molecular flexibility index (Phi) is 1.96. The highest BCUT2D eigenvalue weighted by atomic mass is 16.3. The summed E-state index contributed by atoms with van der Waals surface area (Å²) in [5.41, 5.74) is 2.08. The van der Waals surface area contributed by atoms with Gasteiger partial charge in [-0.3, -0.25) is 0 Å². The maximum Gasteiger partial charge on any atom is 0.155 e. The molecule has 0 aliphatic carbocycles. The number of aryl methyl sites for hydroxylation is 2. The third-order valence-corrected chi connectivity index (χ3v) is 2.08. The molecule has 0 atom stereocenters. The van der Waals surface area contributed by atoms with Crippen LogP contribution in [0.5, 0.6) is 5.88 Å². The molecule has 0 bridgehead atoms. The van der Waals surface area contributed by atoms with Crippen molar-refractivity contribution in [2.24, 2.45) is 7.05 Å². The van der Waals surface area contributed by atoms with Gasteiger partial charge < -0.3 is 5.11 Å². The van der Waals surface area contributed by atoms with E-state index in [2.05, 4.69) is 5.21 Å². The predicted molar refractivity (Wildman–Crippen MR) is 48.9 cm³/mol. The van der Waals surface area contributed by atoms with Crippen molar-refractivity contribution in [1.82, 2.24) is 9.90 Å². The van der Waals surface area contributed by atoms with Crippen LogP contribution in [0, 0.1) is 6.92 Å². The topological polar surface area (TPSA) is 44.8 Å². The summed E-state index contributed by atoms with van der Waals surface area (Å²) in [6.07, 6.45) is 1.46. The lowest BCUT2D eigenvalue weighted by molar-refractivity contribution is -0.765. The van der Waals surface area contributed by atoms with Crippen LogP contribution in [0.2, 0.25) is 0 Å². The molecule has 0 aliphatic heterocycles. The Balaban J connectivity index is 2.44.